The highest BCUT2D eigenvalue weighted by molar-refractivity contribution is 8.13. The summed E-state index contributed by atoms with van der Waals surface area (Å²) in [5, 5.41) is 1.02. The summed E-state index contributed by atoms with van der Waals surface area (Å²) in [4.78, 5) is 16.7. The molecule has 22 heavy (non-hydrogen) atoms. The predicted molar refractivity (Wildman–Crippen MR) is 94.8 cm³/mol. The van der Waals surface area contributed by atoms with Crippen LogP contribution in [0.2, 0.25) is 0 Å². The van der Waals surface area contributed by atoms with Crippen LogP contribution in [0.5, 0.6) is 0 Å². The summed E-state index contributed by atoms with van der Waals surface area (Å²) in [5.41, 5.74) is 3.38. The van der Waals surface area contributed by atoms with E-state index in [1.807, 2.05) is 0 Å². The van der Waals surface area contributed by atoms with Gasteiger partial charge in [0, 0.05) is 31.8 Å². The number of hydrogen-bond donors (Lipinski definition) is 0. The van der Waals surface area contributed by atoms with Gasteiger partial charge in [-0.3, -0.25) is 9.13 Å². The second-order valence-corrected chi connectivity index (χ2v) is 6.90. The van der Waals surface area contributed by atoms with Crippen LogP contribution in [-0.4, -0.2) is 14.2 Å². The monoisotopic (exact) mass is 331 g/mol. The van der Waals surface area contributed by atoms with Crippen LogP contribution in [0.25, 0.3) is 0 Å². The van der Waals surface area contributed by atoms with Gasteiger partial charge >= 0.3 is 5.69 Å². The van der Waals surface area contributed by atoms with Gasteiger partial charge < -0.3 is 0 Å². The van der Waals surface area contributed by atoms with Crippen molar-refractivity contribution in [3.63, 3.8) is 0 Å². The SMILES string of the molecule is Cc1ccc(CSC2=Nc3c(c(=S)n(C)c(=O)n3C)C2)cc1. The number of aliphatic imine (C=N–C) groups is 1. The highest BCUT2D eigenvalue weighted by Crippen LogP contribution is 2.30. The molecule has 0 aliphatic carbocycles. The van der Waals surface area contributed by atoms with Crippen LogP contribution in [0.3, 0.4) is 0 Å². The van der Waals surface area contributed by atoms with E-state index >= 15 is 0 Å². The third-order valence-electron chi connectivity index (χ3n) is 3.81. The molecule has 0 bridgehead atoms. The number of aromatic nitrogens is 2. The van der Waals surface area contributed by atoms with Crippen molar-refractivity contribution in [1.29, 1.82) is 0 Å². The lowest BCUT2D eigenvalue weighted by Crippen LogP contribution is -2.28. The minimum Gasteiger partial charge on any atom is -0.287 e. The van der Waals surface area contributed by atoms with Crippen molar-refractivity contribution in [2.75, 3.05) is 0 Å². The molecule has 3 rings (SSSR count). The number of fused-ring (bicyclic) bond motifs is 1. The molecule has 0 unspecified atom stereocenters. The summed E-state index contributed by atoms with van der Waals surface area (Å²) in [7, 11) is 3.45. The van der Waals surface area contributed by atoms with E-state index in [1.165, 1.54) is 15.7 Å². The van der Waals surface area contributed by atoms with Crippen molar-refractivity contribution in [1.82, 2.24) is 9.13 Å². The molecule has 0 atom stereocenters. The Morgan fingerprint density at radius 3 is 2.59 bits per heavy atom. The molecule has 6 heteroatoms. The molecule has 114 valence electrons. The maximum Gasteiger partial charge on any atom is 0.330 e. The third kappa shape index (κ3) is 2.68. The maximum atomic E-state index is 12.1. The molecule has 2 heterocycles. The minimum atomic E-state index is -0.128. The Bertz CT molecular complexity index is 876. The van der Waals surface area contributed by atoms with Crippen molar-refractivity contribution in [3.05, 3.63) is 56.1 Å². The highest BCUT2D eigenvalue weighted by Gasteiger charge is 2.21. The van der Waals surface area contributed by atoms with E-state index in [1.54, 1.807) is 30.4 Å². The lowest BCUT2D eigenvalue weighted by molar-refractivity contribution is 0.696. The molecule has 4 nitrogen and oxygen atoms in total. The molecule has 0 spiro atoms. The first-order chi connectivity index (χ1) is 10.5. The van der Waals surface area contributed by atoms with Crippen LogP contribution in [0, 0.1) is 11.6 Å². The summed E-state index contributed by atoms with van der Waals surface area (Å²) in [6.45, 7) is 2.08. The zero-order valence-electron chi connectivity index (χ0n) is 12.8. The fourth-order valence-corrected chi connectivity index (χ4v) is 3.61. The molecular formula is C16H17N3OS2. The summed E-state index contributed by atoms with van der Waals surface area (Å²) < 4.78 is 3.68. The summed E-state index contributed by atoms with van der Waals surface area (Å²) >= 11 is 7.09. The largest absolute Gasteiger partial charge is 0.330 e. The van der Waals surface area contributed by atoms with Gasteiger partial charge in [0.25, 0.3) is 0 Å². The molecule has 0 amide bonds. The third-order valence-corrected chi connectivity index (χ3v) is 5.38. The number of aryl methyl sites for hydroxylation is 1. The van der Waals surface area contributed by atoms with Gasteiger partial charge in [0.15, 0.2) is 0 Å². The Balaban J connectivity index is 1.83. The van der Waals surface area contributed by atoms with E-state index < -0.39 is 0 Å². The zero-order chi connectivity index (χ0) is 15.9. The van der Waals surface area contributed by atoms with Crippen LogP contribution in [-0.2, 0) is 26.3 Å². The molecule has 0 saturated carbocycles. The maximum absolute atomic E-state index is 12.1. The quantitative estimate of drug-likeness (QED) is 0.793. The van der Waals surface area contributed by atoms with E-state index in [4.69, 9.17) is 12.2 Å². The van der Waals surface area contributed by atoms with Crippen molar-refractivity contribution in [3.8, 4) is 0 Å². The van der Waals surface area contributed by atoms with Crippen molar-refractivity contribution in [2.24, 2.45) is 19.1 Å². The lowest BCUT2D eigenvalue weighted by Gasteiger charge is -2.07. The van der Waals surface area contributed by atoms with Crippen LogP contribution >= 0.6 is 24.0 Å². The fraction of sp³-hybridized carbons (Fsp3) is 0.312. The minimum absolute atomic E-state index is 0.128. The van der Waals surface area contributed by atoms with Crippen LogP contribution in [0.4, 0.5) is 5.82 Å². The van der Waals surface area contributed by atoms with Crippen molar-refractivity contribution in [2.45, 2.75) is 19.1 Å². The Hall–Kier alpha value is -1.66. The topological polar surface area (TPSA) is 39.3 Å². The molecule has 1 aliphatic rings. The molecule has 0 fully saturated rings. The number of rotatable bonds is 2. The molecule has 2 aromatic rings. The summed E-state index contributed by atoms with van der Waals surface area (Å²) in [6, 6.07) is 8.51. The molecular weight excluding hydrogens is 314 g/mol. The standard InChI is InChI=1S/C16H17N3OS2/c1-10-4-6-11(7-5-10)9-22-13-8-12-14(17-13)18(2)16(20)19(3)15(12)21/h4-7H,8-9H2,1-3H3. The molecule has 0 N–H and O–H groups in total. The van der Waals surface area contributed by atoms with E-state index in [0.717, 1.165) is 16.4 Å². The van der Waals surface area contributed by atoms with E-state index in [-0.39, 0.29) is 5.69 Å². The van der Waals surface area contributed by atoms with Gasteiger partial charge in [-0.1, -0.05) is 42.0 Å². The van der Waals surface area contributed by atoms with Crippen LogP contribution in [0.1, 0.15) is 16.7 Å². The first-order valence-corrected chi connectivity index (χ1v) is 8.41. The molecule has 1 aliphatic heterocycles. The van der Waals surface area contributed by atoms with Gasteiger partial charge in [0.1, 0.15) is 10.5 Å². The van der Waals surface area contributed by atoms with Crippen molar-refractivity contribution < 1.29 is 0 Å². The van der Waals surface area contributed by atoms with E-state index in [9.17, 15) is 4.79 Å². The Kier molecular flexibility index (Phi) is 4.06. The average molecular weight is 331 g/mol. The Morgan fingerprint density at radius 2 is 1.91 bits per heavy atom. The van der Waals surface area contributed by atoms with Gasteiger partial charge in [-0.2, -0.15) is 0 Å². The fourth-order valence-electron chi connectivity index (χ4n) is 2.44. The average Bonchev–Trinajstić information content (AvgIpc) is 2.95. The van der Waals surface area contributed by atoms with E-state index in [2.05, 4.69) is 36.2 Å². The molecule has 0 radical (unpaired) electrons. The van der Waals surface area contributed by atoms with Gasteiger partial charge in [0.2, 0.25) is 0 Å². The number of nitrogens with zero attached hydrogens (tertiary/aromatic N) is 3. The van der Waals surface area contributed by atoms with Crippen LogP contribution in [0.15, 0.2) is 34.1 Å². The number of thioether (sulfide) groups is 1. The normalized spacial score (nSPS) is 13.1. The smallest absolute Gasteiger partial charge is 0.287 e. The first kappa shape index (κ1) is 15.2. The van der Waals surface area contributed by atoms with Gasteiger partial charge in [0.05, 0.1) is 5.04 Å². The van der Waals surface area contributed by atoms with Crippen LogP contribution < -0.4 is 5.69 Å². The second-order valence-electron chi connectivity index (χ2n) is 5.46. The van der Waals surface area contributed by atoms with E-state index in [0.29, 0.717) is 16.9 Å². The lowest BCUT2D eigenvalue weighted by atomic mass is 10.2. The van der Waals surface area contributed by atoms with Crippen molar-refractivity contribution >= 4 is 34.8 Å². The Morgan fingerprint density at radius 1 is 1.23 bits per heavy atom. The summed E-state index contributed by atoms with van der Waals surface area (Å²) in [5.74, 6) is 1.58. The molecule has 1 aromatic carbocycles. The Labute approximate surface area is 138 Å². The van der Waals surface area contributed by atoms with Gasteiger partial charge in [-0.25, -0.2) is 9.79 Å². The predicted octanol–water partition coefficient (Wildman–Crippen LogP) is 3.28. The zero-order valence-corrected chi connectivity index (χ0v) is 14.4. The van der Waals surface area contributed by atoms with Gasteiger partial charge in [-0.05, 0) is 12.5 Å². The molecule has 0 saturated heterocycles. The summed E-state index contributed by atoms with van der Waals surface area (Å²) in [6.07, 6.45) is 0.715. The number of benzene rings is 1. The second kappa shape index (κ2) is 5.85. The molecule has 1 aromatic heterocycles. The number of hydrogen-bond acceptors (Lipinski definition) is 4. The van der Waals surface area contributed by atoms with Gasteiger partial charge in [-0.15, -0.1) is 11.8 Å². The highest BCUT2D eigenvalue weighted by atomic mass is 32.2. The first-order valence-electron chi connectivity index (χ1n) is 7.02.